The van der Waals surface area contributed by atoms with E-state index in [0.717, 1.165) is 37.1 Å². The molecule has 0 saturated heterocycles. The van der Waals surface area contributed by atoms with Gasteiger partial charge in [-0.2, -0.15) is 0 Å². The molecule has 1 aliphatic rings. The summed E-state index contributed by atoms with van der Waals surface area (Å²) in [4.78, 5) is 21.7. The van der Waals surface area contributed by atoms with Crippen molar-refractivity contribution < 1.29 is 22.7 Å². The van der Waals surface area contributed by atoms with Gasteiger partial charge in [-0.15, -0.1) is 0 Å². The van der Waals surface area contributed by atoms with Crippen LogP contribution < -0.4 is 0 Å². The van der Waals surface area contributed by atoms with Gasteiger partial charge >= 0.3 is 5.12 Å². The average molecular weight is 322 g/mol. The highest BCUT2D eigenvalue weighted by Crippen LogP contribution is 2.40. The normalized spacial score (nSPS) is 14.7. The predicted molar refractivity (Wildman–Crippen MR) is 73.1 cm³/mol. The first kappa shape index (κ1) is 14.4. The minimum atomic E-state index is -4.31. The van der Waals surface area contributed by atoms with Gasteiger partial charge in [0.15, 0.2) is 5.69 Å². The van der Waals surface area contributed by atoms with E-state index in [0.29, 0.717) is 5.76 Å². The molecule has 0 unspecified atom stereocenters. The summed E-state index contributed by atoms with van der Waals surface area (Å²) in [5.74, 6) is 0.707. The number of sulfone groups is 1. The fourth-order valence-corrected chi connectivity index (χ4v) is 3.02. The Bertz CT molecular complexity index is 849. The maximum absolute atomic E-state index is 12.2. The van der Waals surface area contributed by atoms with Crippen LogP contribution in [-0.4, -0.2) is 23.6 Å². The first-order valence-corrected chi connectivity index (χ1v) is 7.88. The van der Waals surface area contributed by atoms with Gasteiger partial charge in [0.25, 0.3) is 5.69 Å². The fourth-order valence-electron chi connectivity index (χ4n) is 1.94. The lowest BCUT2D eigenvalue weighted by molar-refractivity contribution is -0.384. The standard InChI is InChI=1S/C13H10N2O6S/c16-13(11-7-12(21-14-11)8-1-2-8)22(19,20)10-5-3-9(4-6-10)15(17)18/h3-8H,1-2H2. The Morgan fingerprint density at radius 2 is 1.91 bits per heavy atom. The molecule has 0 N–H and O–H groups in total. The van der Waals surface area contributed by atoms with E-state index in [2.05, 4.69) is 5.16 Å². The number of nitrogens with zero attached hydrogens (tertiary/aromatic N) is 2. The Labute approximate surface area is 124 Å². The number of rotatable bonds is 4. The summed E-state index contributed by atoms with van der Waals surface area (Å²) in [7, 11) is -4.31. The molecule has 0 radical (unpaired) electrons. The van der Waals surface area contributed by atoms with Gasteiger partial charge in [0.1, 0.15) is 5.76 Å². The van der Waals surface area contributed by atoms with E-state index in [1.807, 2.05) is 0 Å². The van der Waals surface area contributed by atoms with Gasteiger partial charge in [-0.3, -0.25) is 14.9 Å². The summed E-state index contributed by atoms with van der Waals surface area (Å²) in [6, 6.07) is 5.43. The van der Waals surface area contributed by atoms with Gasteiger partial charge in [-0.05, 0) is 25.0 Å². The van der Waals surface area contributed by atoms with Crippen LogP contribution in [0.2, 0.25) is 0 Å². The summed E-state index contributed by atoms with van der Waals surface area (Å²) >= 11 is 0. The van der Waals surface area contributed by atoms with Crippen molar-refractivity contribution in [2.45, 2.75) is 23.7 Å². The largest absolute Gasteiger partial charge is 0.360 e. The van der Waals surface area contributed by atoms with Gasteiger partial charge in [-0.25, -0.2) is 8.42 Å². The molecule has 0 spiro atoms. The van der Waals surface area contributed by atoms with Crippen LogP contribution in [0.3, 0.4) is 0 Å². The number of nitro benzene ring substituents is 1. The minimum absolute atomic E-state index is 0.205. The molecule has 1 heterocycles. The number of carbonyl (C=O) groups is 1. The first-order valence-electron chi connectivity index (χ1n) is 6.40. The smallest absolute Gasteiger partial charge is 0.303 e. The van der Waals surface area contributed by atoms with Crippen molar-refractivity contribution in [2.24, 2.45) is 0 Å². The summed E-state index contributed by atoms with van der Waals surface area (Å²) in [5, 5.41) is 12.9. The highest BCUT2D eigenvalue weighted by Gasteiger charge is 2.33. The zero-order valence-corrected chi connectivity index (χ0v) is 11.9. The van der Waals surface area contributed by atoms with E-state index in [9.17, 15) is 23.3 Å². The lowest BCUT2D eigenvalue weighted by Crippen LogP contribution is -2.15. The topological polar surface area (TPSA) is 120 Å². The van der Waals surface area contributed by atoms with Crippen LogP contribution in [0, 0.1) is 10.1 Å². The van der Waals surface area contributed by atoms with E-state index >= 15 is 0 Å². The monoisotopic (exact) mass is 322 g/mol. The molecule has 0 atom stereocenters. The third kappa shape index (κ3) is 2.50. The van der Waals surface area contributed by atoms with Crippen molar-refractivity contribution in [1.29, 1.82) is 0 Å². The molecule has 9 heteroatoms. The molecule has 1 saturated carbocycles. The summed E-state index contributed by atoms with van der Waals surface area (Å²) in [5.41, 5.74) is -0.538. The lowest BCUT2D eigenvalue weighted by Gasteiger charge is -2.00. The molecule has 3 rings (SSSR count). The van der Waals surface area contributed by atoms with Gasteiger partial charge in [0.05, 0.1) is 9.82 Å². The van der Waals surface area contributed by atoms with Crippen molar-refractivity contribution in [2.75, 3.05) is 0 Å². The Kier molecular flexibility index (Phi) is 3.28. The van der Waals surface area contributed by atoms with Crippen LogP contribution in [0.5, 0.6) is 0 Å². The molecule has 2 aromatic rings. The highest BCUT2D eigenvalue weighted by atomic mass is 32.2. The number of benzene rings is 1. The predicted octanol–water partition coefficient (Wildman–Crippen LogP) is 2.07. The van der Waals surface area contributed by atoms with Crippen molar-refractivity contribution in [3.8, 4) is 0 Å². The highest BCUT2D eigenvalue weighted by molar-refractivity contribution is 8.06. The van der Waals surface area contributed by atoms with Crippen LogP contribution in [0.25, 0.3) is 0 Å². The van der Waals surface area contributed by atoms with Gasteiger partial charge in [0, 0.05) is 24.1 Å². The molecular formula is C13H10N2O6S. The quantitative estimate of drug-likeness (QED) is 0.624. The molecule has 1 aromatic heterocycles. The molecule has 114 valence electrons. The van der Waals surface area contributed by atoms with Crippen LogP contribution in [0.15, 0.2) is 39.8 Å². The maximum Gasteiger partial charge on any atom is 0.303 e. The van der Waals surface area contributed by atoms with Crippen molar-refractivity contribution >= 4 is 20.6 Å². The zero-order valence-electron chi connectivity index (χ0n) is 11.1. The maximum atomic E-state index is 12.2. The lowest BCUT2D eigenvalue weighted by atomic mass is 10.3. The molecule has 0 aliphatic heterocycles. The number of non-ortho nitro benzene ring substituents is 1. The van der Waals surface area contributed by atoms with E-state index in [-0.39, 0.29) is 22.2 Å². The number of carbonyl (C=O) groups excluding carboxylic acids is 1. The molecule has 1 aliphatic carbocycles. The van der Waals surface area contributed by atoms with Crippen LogP contribution >= 0.6 is 0 Å². The third-order valence-corrected chi connectivity index (χ3v) is 4.91. The van der Waals surface area contributed by atoms with Crippen molar-refractivity contribution in [1.82, 2.24) is 5.16 Å². The van der Waals surface area contributed by atoms with E-state index in [4.69, 9.17) is 4.52 Å². The Hall–Kier alpha value is -2.55. The second-order valence-electron chi connectivity index (χ2n) is 4.93. The van der Waals surface area contributed by atoms with Gasteiger partial charge in [0.2, 0.25) is 9.84 Å². The molecule has 0 amide bonds. The van der Waals surface area contributed by atoms with Crippen LogP contribution in [0.4, 0.5) is 5.69 Å². The molecular weight excluding hydrogens is 312 g/mol. The molecule has 8 nitrogen and oxygen atoms in total. The number of hydrogen-bond donors (Lipinski definition) is 0. The van der Waals surface area contributed by atoms with Crippen LogP contribution in [0.1, 0.15) is 35.0 Å². The minimum Gasteiger partial charge on any atom is -0.360 e. The van der Waals surface area contributed by atoms with E-state index < -0.39 is 19.9 Å². The molecule has 1 aromatic carbocycles. The zero-order chi connectivity index (χ0) is 15.9. The second-order valence-corrected chi connectivity index (χ2v) is 6.78. The second kappa shape index (κ2) is 5.02. The Morgan fingerprint density at radius 1 is 1.27 bits per heavy atom. The molecule has 22 heavy (non-hydrogen) atoms. The SMILES string of the molecule is O=C(c1cc(C2CC2)on1)S(=O)(=O)c1ccc([N+](=O)[O-])cc1. The summed E-state index contributed by atoms with van der Waals surface area (Å²) in [6.45, 7) is 0. The van der Waals surface area contributed by atoms with E-state index in [1.165, 1.54) is 6.07 Å². The van der Waals surface area contributed by atoms with Crippen molar-refractivity contribution in [3.05, 3.63) is 51.9 Å². The van der Waals surface area contributed by atoms with Gasteiger partial charge in [-0.1, -0.05) is 5.16 Å². The third-order valence-electron chi connectivity index (χ3n) is 3.32. The summed E-state index contributed by atoms with van der Waals surface area (Å²) < 4.78 is 29.4. The van der Waals surface area contributed by atoms with Crippen molar-refractivity contribution in [3.63, 3.8) is 0 Å². The van der Waals surface area contributed by atoms with E-state index in [1.54, 1.807) is 0 Å². The Morgan fingerprint density at radius 3 is 2.45 bits per heavy atom. The van der Waals surface area contributed by atoms with Gasteiger partial charge < -0.3 is 4.52 Å². The number of aromatic nitrogens is 1. The Balaban J connectivity index is 1.90. The number of hydrogen-bond acceptors (Lipinski definition) is 7. The molecule has 0 bridgehead atoms. The average Bonchev–Trinajstić information content (AvgIpc) is 3.24. The molecule has 1 fully saturated rings. The fraction of sp³-hybridized carbons (Fsp3) is 0.231. The first-order chi connectivity index (χ1) is 10.4. The van der Waals surface area contributed by atoms with Crippen LogP contribution in [-0.2, 0) is 9.84 Å². The number of nitro groups is 1. The summed E-state index contributed by atoms with van der Waals surface area (Å²) in [6.07, 6.45) is 1.86.